The van der Waals surface area contributed by atoms with Crippen molar-refractivity contribution in [3.05, 3.63) is 29.8 Å². The highest BCUT2D eigenvalue weighted by Gasteiger charge is 2.16. The lowest BCUT2D eigenvalue weighted by atomic mass is 10.1. The fraction of sp³-hybridized carbons (Fsp3) is 0.562. The van der Waals surface area contributed by atoms with Crippen molar-refractivity contribution in [3.8, 4) is 0 Å². The third-order valence-electron chi connectivity index (χ3n) is 2.76. The highest BCUT2D eigenvalue weighted by molar-refractivity contribution is 5.67. The predicted octanol–water partition coefficient (Wildman–Crippen LogP) is 3.07. The lowest BCUT2D eigenvalue weighted by Gasteiger charge is -2.22. The Labute approximate surface area is 126 Å². The molecule has 1 aromatic rings. The van der Waals surface area contributed by atoms with Crippen LogP contribution in [0.2, 0.25) is 0 Å². The zero-order valence-electron chi connectivity index (χ0n) is 13.4. The zero-order valence-corrected chi connectivity index (χ0v) is 13.4. The summed E-state index contributed by atoms with van der Waals surface area (Å²) in [5.41, 5.74) is 1.20. The smallest absolute Gasteiger partial charge is 0.407 e. The van der Waals surface area contributed by atoms with Crippen molar-refractivity contribution < 1.29 is 14.6 Å². The second-order valence-electron chi connectivity index (χ2n) is 6.19. The predicted molar refractivity (Wildman–Crippen MR) is 84.4 cm³/mol. The van der Waals surface area contributed by atoms with Gasteiger partial charge < -0.3 is 20.5 Å². The van der Waals surface area contributed by atoms with Crippen LogP contribution in [0.25, 0.3) is 0 Å². The van der Waals surface area contributed by atoms with Crippen LogP contribution in [0.4, 0.5) is 10.5 Å². The van der Waals surface area contributed by atoms with Gasteiger partial charge in [0.1, 0.15) is 5.60 Å². The number of carbonyl (C=O) groups excluding carboxylic acids is 1. The summed E-state index contributed by atoms with van der Waals surface area (Å²) in [6.07, 6.45) is -0.973. The molecule has 0 heterocycles. The number of aliphatic hydroxyl groups is 1. The van der Waals surface area contributed by atoms with E-state index in [0.717, 1.165) is 11.3 Å². The number of nitrogens with one attached hydrogen (secondary N) is 2. The largest absolute Gasteiger partial charge is 0.444 e. The molecule has 118 valence electrons. The van der Waals surface area contributed by atoms with Crippen molar-refractivity contribution in [2.75, 3.05) is 11.9 Å². The maximum atomic E-state index is 11.6. The Balaban J connectivity index is 2.51. The van der Waals surface area contributed by atoms with Gasteiger partial charge in [-0.25, -0.2) is 4.79 Å². The highest BCUT2D eigenvalue weighted by Crippen LogP contribution is 2.22. The number of hydrogen-bond acceptors (Lipinski definition) is 4. The maximum Gasteiger partial charge on any atom is 0.407 e. The summed E-state index contributed by atoms with van der Waals surface area (Å²) in [5.74, 6) is 0. The van der Waals surface area contributed by atoms with Gasteiger partial charge >= 0.3 is 6.09 Å². The molecule has 0 aliphatic carbocycles. The topological polar surface area (TPSA) is 70.6 Å². The molecule has 5 heteroatoms. The fourth-order valence-corrected chi connectivity index (χ4v) is 1.86. The van der Waals surface area contributed by atoms with Gasteiger partial charge in [-0.2, -0.15) is 0 Å². The van der Waals surface area contributed by atoms with Crippen LogP contribution in [0.15, 0.2) is 24.3 Å². The highest BCUT2D eigenvalue weighted by atomic mass is 16.6. The van der Waals surface area contributed by atoms with Crippen LogP contribution in [0.1, 0.15) is 46.3 Å². The average molecular weight is 294 g/mol. The van der Waals surface area contributed by atoms with E-state index < -0.39 is 17.8 Å². The van der Waals surface area contributed by atoms with Gasteiger partial charge in [0.15, 0.2) is 0 Å². The number of rotatable bonds is 5. The van der Waals surface area contributed by atoms with E-state index in [1.807, 2.05) is 52.0 Å². The van der Waals surface area contributed by atoms with Crippen molar-refractivity contribution in [3.63, 3.8) is 0 Å². The van der Waals surface area contributed by atoms with Gasteiger partial charge in [-0.15, -0.1) is 0 Å². The lowest BCUT2D eigenvalue weighted by Crippen LogP contribution is -2.38. The van der Waals surface area contributed by atoms with Crippen molar-refractivity contribution in [2.24, 2.45) is 0 Å². The molecule has 0 spiro atoms. The second kappa shape index (κ2) is 7.31. The van der Waals surface area contributed by atoms with Crippen LogP contribution in [0.5, 0.6) is 0 Å². The van der Waals surface area contributed by atoms with Gasteiger partial charge in [0.2, 0.25) is 0 Å². The number of carbonyl (C=O) groups is 1. The second-order valence-corrected chi connectivity index (χ2v) is 6.19. The van der Waals surface area contributed by atoms with E-state index in [1.165, 1.54) is 0 Å². The maximum absolute atomic E-state index is 11.6. The molecule has 0 aromatic heterocycles. The van der Waals surface area contributed by atoms with Crippen LogP contribution in [-0.4, -0.2) is 29.4 Å². The Hall–Kier alpha value is -1.75. The number of amides is 1. The van der Waals surface area contributed by atoms with Gasteiger partial charge in [-0.1, -0.05) is 18.2 Å². The Morgan fingerprint density at radius 1 is 1.29 bits per heavy atom. The first-order valence-corrected chi connectivity index (χ1v) is 7.19. The van der Waals surface area contributed by atoms with Gasteiger partial charge in [-0.3, -0.25) is 0 Å². The molecular weight excluding hydrogens is 268 g/mol. The first-order chi connectivity index (χ1) is 9.69. The molecule has 0 saturated carbocycles. The van der Waals surface area contributed by atoms with Crippen LogP contribution in [-0.2, 0) is 4.74 Å². The van der Waals surface area contributed by atoms with Crippen molar-refractivity contribution >= 4 is 11.8 Å². The third-order valence-corrected chi connectivity index (χ3v) is 2.76. The van der Waals surface area contributed by atoms with Gasteiger partial charge in [0.05, 0.1) is 6.10 Å². The van der Waals surface area contributed by atoms with Crippen LogP contribution >= 0.6 is 0 Å². The molecule has 2 atom stereocenters. The minimum Gasteiger partial charge on any atom is -0.444 e. The minimum atomic E-state index is -0.542. The minimum absolute atomic E-state index is 0.0115. The number of ether oxygens (including phenoxy) is 1. The number of anilines is 1. The van der Waals surface area contributed by atoms with Crippen LogP contribution in [0, 0.1) is 0 Å². The van der Waals surface area contributed by atoms with Gasteiger partial charge in [0, 0.05) is 23.8 Å². The number of aliphatic hydroxyl groups excluding tert-OH is 1. The molecule has 0 radical (unpaired) electrons. The summed E-state index contributed by atoms with van der Waals surface area (Å²) < 4.78 is 5.18. The van der Waals surface area contributed by atoms with E-state index in [4.69, 9.17) is 4.74 Å². The summed E-state index contributed by atoms with van der Waals surface area (Å²) in [5, 5.41) is 15.7. The number of hydrogen-bond donors (Lipinski definition) is 3. The first-order valence-electron chi connectivity index (χ1n) is 7.19. The molecule has 0 aliphatic heterocycles. The summed E-state index contributed by atoms with van der Waals surface area (Å²) >= 11 is 0. The van der Waals surface area contributed by atoms with Crippen molar-refractivity contribution in [1.82, 2.24) is 5.32 Å². The molecule has 0 fully saturated rings. The monoisotopic (exact) mass is 294 g/mol. The molecule has 1 amide bonds. The Morgan fingerprint density at radius 2 is 1.90 bits per heavy atom. The van der Waals surface area contributed by atoms with Crippen LogP contribution in [0.3, 0.4) is 0 Å². The quantitative estimate of drug-likeness (QED) is 0.780. The van der Waals surface area contributed by atoms with E-state index in [2.05, 4.69) is 10.6 Å². The summed E-state index contributed by atoms with van der Waals surface area (Å²) in [6.45, 7) is 9.59. The fourth-order valence-electron chi connectivity index (χ4n) is 1.86. The molecule has 1 aromatic carbocycles. The number of alkyl carbamates (subject to hydrolysis) is 1. The molecule has 3 N–H and O–H groups in total. The molecule has 2 unspecified atom stereocenters. The van der Waals surface area contributed by atoms with E-state index >= 15 is 0 Å². The lowest BCUT2D eigenvalue weighted by molar-refractivity contribution is 0.0526. The molecule has 0 bridgehead atoms. The summed E-state index contributed by atoms with van der Waals surface area (Å²) in [6, 6.07) is 7.59. The molecule has 5 nitrogen and oxygen atoms in total. The molecule has 0 aliphatic rings. The molecule has 21 heavy (non-hydrogen) atoms. The van der Waals surface area contributed by atoms with E-state index in [9.17, 15) is 9.90 Å². The van der Waals surface area contributed by atoms with Crippen molar-refractivity contribution in [1.29, 1.82) is 0 Å². The van der Waals surface area contributed by atoms with E-state index in [0.29, 0.717) is 6.54 Å². The zero-order chi connectivity index (χ0) is 16.0. The van der Waals surface area contributed by atoms with Crippen molar-refractivity contribution in [2.45, 2.75) is 52.4 Å². The van der Waals surface area contributed by atoms with Gasteiger partial charge in [-0.05, 0) is 40.7 Å². The normalized spacial score (nSPS) is 14.2. The Bertz CT molecular complexity index is 467. The third kappa shape index (κ3) is 6.49. The molecular formula is C16H26N2O3. The Kier molecular flexibility index (Phi) is 6.03. The number of benzene rings is 1. The Morgan fingerprint density at radius 3 is 2.48 bits per heavy atom. The summed E-state index contributed by atoms with van der Waals surface area (Å²) in [4.78, 5) is 11.6. The van der Waals surface area contributed by atoms with E-state index in [1.54, 1.807) is 6.92 Å². The SMILES string of the molecule is CC(CNC(=O)OC(C)(C)C)Nc1ccccc1C(C)O. The standard InChI is InChI=1S/C16H26N2O3/c1-11(10-17-15(20)21-16(3,4)5)18-14-9-7-6-8-13(14)12(2)19/h6-9,11-12,18-19H,10H2,1-5H3,(H,17,20). The van der Waals surface area contributed by atoms with Gasteiger partial charge in [0.25, 0.3) is 0 Å². The van der Waals surface area contributed by atoms with E-state index in [-0.39, 0.29) is 6.04 Å². The summed E-state index contributed by atoms with van der Waals surface area (Å²) in [7, 11) is 0. The first kappa shape index (κ1) is 17.3. The number of para-hydroxylation sites is 1. The molecule has 0 saturated heterocycles. The van der Waals surface area contributed by atoms with Crippen LogP contribution < -0.4 is 10.6 Å². The molecule has 1 rings (SSSR count). The average Bonchev–Trinajstić information content (AvgIpc) is 2.35.